The number of rotatable bonds is 6. The first kappa shape index (κ1) is 26.5. The van der Waals surface area contributed by atoms with Crippen LogP contribution in [0.3, 0.4) is 0 Å². The molecule has 1 aliphatic heterocycles. The van der Waals surface area contributed by atoms with Crippen molar-refractivity contribution < 1.29 is 27.5 Å². The van der Waals surface area contributed by atoms with Crippen molar-refractivity contribution in [3.8, 4) is 5.75 Å². The first-order valence-electron chi connectivity index (χ1n) is 11.7. The van der Waals surface area contributed by atoms with Gasteiger partial charge in [-0.1, -0.05) is 41.4 Å². The van der Waals surface area contributed by atoms with Crippen molar-refractivity contribution in [3.63, 3.8) is 0 Å². The molecule has 0 aliphatic carbocycles. The van der Waals surface area contributed by atoms with Crippen LogP contribution >= 0.6 is 11.6 Å². The molecule has 3 aromatic rings. The summed E-state index contributed by atoms with van der Waals surface area (Å²) in [7, 11) is 0. The van der Waals surface area contributed by atoms with E-state index in [9.17, 15) is 22.8 Å². The number of nitrogens with one attached hydrogen (secondary N) is 1. The summed E-state index contributed by atoms with van der Waals surface area (Å²) in [5.74, 6) is -0.913. The highest BCUT2D eigenvalue weighted by Crippen LogP contribution is 2.34. The monoisotopic (exact) mass is 531 g/mol. The van der Waals surface area contributed by atoms with E-state index in [4.69, 9.17) is 16.3 Å². The molecule has 1 fully saturated rings. The van der Waals surface area contributed by atoms with Gasteiger partial charge in [-0.25, -0.2) is 0 Å². The normalized spacial score (nSPS) is 17.8. The van der Waals surface area contributed by atoms with Gasteiger partial charge >= 0.3 is 6.18 Å². The van der Waals surface area contributed by atoms with Crippen LogP contribution in [0.25, 0.3) is 0 Å². The van der Waals surface area contributed by atoms with Gasteiger partial charge < -0.3 is 15.0 Å². The lowest BCUT2D eigenvalue weighted by Crippen LogP contribution is -2.61. The Balaban J connectivity index is 1.62. The number of amides is 2. The van der Waals surface area contributed by atoms with Crippen LogP contribution in [0.5, 0.6) is 5.75 Å². The molecular formula is C27H25ClF3N3O3. The number of alkyl halides is 3. The maximum Gasteiger partial charge on any atom is 0.417 e. The first-order chi connectivity index (χ1) is 17.6. The summed E-state index contributed by atoms with van der Waals surface area (Å²) in [5, 5.41) is 3.42. The van der Waals surface area contributed by atoms with Crippen LogP contribution in [0.2, 0.25) is 5.02 Å². The number of benzene rings is 2. The number of nitrogens with zero attached hydrogens (tertiary/aromatic N) is 2. The minimum Gasteiger partial charge on any atom is -0.476 e. The Labute approximate surface area is 217 Å². The van der Waals surface area contributed by atoms with Crippen LogP contribution in [0.4, 0.5) is 13.2 Å². The molecule has 2 amide bonds. The standard InChI is InChI=1S/C27H25ClF3N3O3/c1-18-3-9-21(10-4-18)37-26(25(36)33-15-19-5-7-20(28)8-6-19)12-2-14-34(17-26)24(35)22-16-32-13-11-23(22)27(29,30)31/h3-11,13,16H,2,12,14-15,17H2,1H3,(H,33,36). The fraction of sp³-hybridized carbons (Fsp3) is 0.296. The van der Waals surface area contributed by atoms with Gasteiger partial charge in [0, 0.05) is 30.5 Å². The predicted molar refractivity (Wildman–Crippen MR) is 132 cm³/mol. The number of likely N-dealkylation sites (tertiary alicyclic amines) is 1. The van der Waals surface area contributed by atoms with Gasteiger partial charge in [0.15, 0.2) is 0 Å². The molecule has 0 spiro atoms. The zero-order chi connectivity index (χ0) is 26.6. The lowest BCUT2D eigenvalue weighted by atomic mass is 9.90. The molecule has 1 N–H and O–H groups in total. The van der Waals surface area contributed by atoms with E-state index in [-0.39, 0.29) is 26.1 Å². The SMILES string of the molecule is Cc1ccc(OC2(C(=O)NCc3ccc(Cl)cc3)CCCN(C(=O)c3cnccc3C(F)(F)F)C2)cc1. The van der Waals surface area contributed by atoms with Gasteiger partial charge in [-0.3, -0.25) is 14.6 Å². The second-order valence-corrected chi connectivity index (χ2v) is 9.40. The summed E-state index contributed by atoms with van der Waals surface area (Å²) in [6.07, 6.45) is -2.20. The van der Waals surface area contributed by atoms with Crippen molar-refractivity contribution in [2.45, 2.75) is 38.1 Å². The van der Waals surface area contributed by atoms with E-state index in [0.717, 1.165) is 29.6 Å². The number of aromatic nitrogens is 1. The molecule has 194 valence electrons. The molecule has 0 bridgehead atoms. The van der Waals surface area contributed by atoms with Gasteiger partial charge in [-0.2, -0.15) is 13.2 Å². The van der Waals surface area contributed by atoms with E-state index in [1.165, 1.54) is 4.90 Å². The Bertz CT molecular complexity index is 1270. The summed E-state index contributed by atoms with van der Waals surface area (Å²) < 4.78 is 46.9. The number of aryl methyl sites for hydroxylation is 1. The van der Waals surface area contributed by atoms with E-state index in [0.29, 0.717) is 17.2 Å². The fourth-order valence-electron chi connectivity index (χ4n) is 4.27. The molecule has 1 atom stereocenters. The maximum absolute atomic E-state index is 13.6. The molecule has 10 heteroatoms. The van der Waals surface area contributed by atoms with Crippen molar-refractivity contribution in [2.24, 2.45) is 0 Å². The summed E-state index contributed by atoms with van der Waals surface area (Å²) in [4.78, 5) is 31.8. The van der Waals surface area contributed by atoms with E-state index in [1.54, 1.807) is 36.4 Å². The lowest BCUT2D eigenvalue weighted by molar-refractivity contribution is -0.142. The largest absolute Gasteiger partial charge is 0.476 e. The van der Waals surface area contributed by atoms with Crippen LogP contribution in [-0.4, -0.2) is 40.4 Å². The Morgan fingerprint density at radius 2 is 1.81 bits per heavy atom. The predicted octanol–water partition coefficient (Wildman–Crippen LogP) is 5.43. The molecule has 4 rings (SSSR count). The number of halogens is 4. The Kier molecular flexibility index (Phi) is 7.73. The molecule has 2 aromatic carbocycles. The number of hydrogen-bond acceptors (Lipinski definition) is 4. The second kappa shape index (κ2) is 10.8. The minimum absolute atomic E-state index is 0.175. The average molecular weight is 532 g/mol. The molecular weight excluding hydrogens is 507 g/mol. The molecule has 6 nitrogen and oxygen atoms in total. The van der Waals surface area contributed by atoms with E-state index >= 15 is 0 Å². The van der Waals surface area contributed by atoms with Crippen molar-refractivity contribution in [1.29, 1.82) is 0 Å². The third kappa shape index (κ3) is 6.22. The molecule has 1 saturated heterocycles. The highest BCUT2D eigenvalue weighted by molar-refractivity contribution is 6.30. The van der Waals surface area contributed by atoms with E-state index in [1.807, 2.05) is 19.1 Å². The highest BCUT2D eigenvalue weighted by Gasteiger charge is 2.47. The van der Waals surface area contributed by atoms with E-state index < -0.39 is 34.7 Å². The number of carbonyl (C=O) groups excluding carboxylic acids is 2. The third-order valence-corrected chi connectivity index (χ3v) is 6.47. The average Bonchev–Trinajstić information content (AvgIpc) is 2.88. The number of hydrogen-bond donors (Lipinski definition) is 1. The van der Waals surface area contributed by atoms with Gasteiger partial charge in [-0.15, -0.1) is 0 Å². The Morgan fingerprint density at radius 1 is 1.11 bits per heavy atom. The van der Waals surface area contributed by atoms with Crippen molar-refractivity contribution in [3.05, 3.63) is 94.3 Å². The number of pyridine rings is 1. The molecule has 1 unspecified atom stereocenters. The van der Waals surface area contributed by atoms with Gasteiger partial charge in [0.25, 0.3) is 11.8 Å². The number of carbonyl (C=O) groups is 2. The van der Waals surface area contributed by atoms with Crippen molar-refractivity contribution in [2.75, 3.05) is 13.1 Å². The lowest BCUT2D eigenvalue weighted by Gasteiger charge is -2.41. The van der Waals surface area contributed by atoms with Crippen LogP contribution in [0, 0.1) is 6.92 Å². The van der Waals surface area contributed by atoms with Gasteiger partial charge in [0.05, 0.1) is 17.7 Å². The maximum atomic E-state index is 13.6. The number of ether oxygens (including phenoxy) is 1. The highest BCUT2D eigenvalue weighted by atomic mass is 35.5. The molecule has 1 aliphatic rings. The van der Waals surface area contributed by atoms with Gasteiger partial charge in [0.2, 0.25) is 5.60 Å². The van der Waals surface area contributed by atoms with Crippen LogP contribution in [0.1, 0.15) is 39.9 Å². The molecule has 0 radical (unpaired) electrons. The zero-order valence-corrected chi connectivity index (χ0v) is 20.8. The Hall–Kier alpha value is -3.59. The second-order valence-electron chi connectivity index (χ2n) is 8.97. The quantitative estimate of drug-likeness (QED) is 0.460. The summed E-state index contributed by atoms with van der Waals surface area (Å²) >= 11 is 5.94. The first-order valence-corrected chi connectivity index (χ1v) is 12.0. The van der Waals surface area contributed by atoms with Crippen molar-refractivity contribution >= 4 is 23.4 Å². The van der Waals surface area contributed by atoms with Crippen LogP contribution in [0.15, 0.2) is 67.0 Å². The summed E-state index contributed by atoms with van der Waals surface area (Å²) in [5.41, 5.74) is -1.35. The summed E-state index contributed by atoms with van der Waals surface area (Å²) in [6.45, 7) is 2.04. The van der Waals surface area contributed by atoms with Crippen LogP contribution < -0.4 is 10.1 Å². The summed E-state index contributed by atoms with van der Waals surface area (Å²) in [6, 6.07) is 14.8. The Morgan fingerprint density at radius 3 is 2.49 bits per heavy atom. The fourth-order valence-corrected chi connectivity index (χ4v) is 4.40. The minimum atomic E-state index is -4.73. The van der Waals surface area contributed by atoms with Crippen LogP contribution in [-0.2, 0) is 17.5 Å². The molecule has 1 aromatic heterocycles. The van der Waals surface area contributed by atoms with Gasteiger partial charge in [-0.05, 0) is 55.7 Å². The molecule has 0 saturated carbocycles. The smallest absolute Gasteiger partial charge is 0.417 e. The van der Waals surface area contributed by atoms with Crippen molar-refractivity contribution in [1.82, 2.24) is 15.2 Å². The number of piperidine rings is 1. The topological polar surface area (TPSA) is 71.5 Å². The molecule has 2 heterocycles. The molecule has 37 heavy (non-hydrogen) atoms. The van der Waals surface area contributed by atoms with Gasteiger partial charge in [0.1, 0.15) is 5.75 Å². The third-order valence-electron chi connectivity index (χ3n) is 6.21. The zero-order valence-electron chi connectivity index (χ0n) is 20.0. The van der Waals surface area contributed by atoms with E-state index in [2.05, 4.69) is 10.3 Å².